The van der Waals surface area contributed by atoms with E-state index >= 15 is 0 Å². The van der Waals surface area contributed by atoms with Crippen LogP contribution in [0.5, 0.6) is 11.5 Å². The number of aryl methyl sites for hydroxylation is 1. The van der Waals surface area contributed by atoms with Crippen LogP contribution in [0.3, 0.4) is 0 Å². The Kier molecular flexibility index (Phi) is 6.14. The van der Waals surface area contributed by atoms with Crippen LogP contribution < -0.4 is 9.47 Å². The first-order valence-electron chi connectivity index (χ1n) is 10.5. The number of nitrogens with zero attached hydrogens (tertiary/aromatic N) is 1. The Bertz CT molecular complexity index is 932. The summed E-state index contributed by atoms with van der Waals surface area (Å²) in [5.41, 5.74) is 4.86. The van der Waals surface area contributed by atoms with Crippen molar-refractivity contribution in [1.29, 1.82) is 0 Å². The lowest BCUT2D eigenvalue weighted by Crippen LogP contribution is -2.13. The summed E-state index contributed by atoms with van der Waals surface area (Å²) in [5.74, 6) is 1.87. The normalized spacial score (nSPS) is 15.2. The molecular weight excluding hydrogens is 358 g/mol. The van der Waals surface area contributed by atoms with Gasteiger partial charge >= 0.3 is 0 Å². The molecular formula is C26H29NO2. The minimum absolute atomic E-state index is 0.210. The zero-order valence-corrected chi connectivity index (χ0v) is 17.3. The molecule has 4 rings (SSSR count). The van der Waals surface area contributed by atoms with Crippen molar-refractivity contribution < 1.29 is 9.47 Å². The van der Waals surface area contributed by atoms with Crippen molar-refractivity contribution in [2.75, 3.05) is 7.11 Å². The summed E-state index contributed by atoms with van der Waals surface area (Å²) in [6.45, 7) is 2.11. The van der Waals surface area contributed by atoms with E-state index in [1.807, 2.05) is 18.3 Å². The third kappa shape index (κ3) is 4.79. The van der Waals surface area contributed by atoms with Crippen LogP contribution in [0.4, 0.5) is 0 Å². The van der Waals surface area contributed by atoms with Crippen molar-refractivity contribution >= 4 is 0 Å². The van der Waals surface area contributed by atoms with Crippen molar-refractivity contribution in [3.8, 4) is 11.5 Å². The fourth-order valence-corrected chi connectivity index (χ4v) is 4.22. The molecule has 150 valence electrons. The molecule has 0 spiro atoms. The second-order valence-corrected chi connectivity index (χ2v) is 7.93. The number of ether oxygens (including phenoxy) is 2. The Morgan fingerprint density at radius 1 is 0.931 bits per heavy atom. The molecule has 0 N–H and O–H groups in total. The summed E-state index contributed by atoms with van der Waals surface area (Å²) in [5, 5.41) is 0. The average molecular weight is 388 g/mol. The molecule has 1 atom stereocenters. The molecule has 29 heavy (non-hydrogen) atoms. The minimum atomic E-state index is 0.210. The zero-order chi connectivity index (χ0) is 20.1. The summed E-state index contributed by atoms with van der Waals surface area (Å²) < 4.78 is 11.9. The molecule has 0 amide bonds. The van der Waals surface area contributed by atoms with Gasteiger partial charge in [0, 0.05) is 24.2 Å². The minimum Gasteiger partial charge on any atom is -0.493 e. The molecule has 3 heteroatoms. The SMILES string of the molecule is COc1ccc(C(Cc2cc(C)ccn2)c2ccccc2)cc1OC1CCCC1. The van der Waals surface area contributed by atoms with Gasteiger partial charge < -0.3 is 9.47 Å². The largest absolute Gasteiger partial charge is 0.493 e. The highest BCUT2D eigenvalue weighted by molar-refractivity contribution is 5.47. The van der Waals surface area contributed by atoms with E-state index in [-0.39, 0.29) is 5.92 Å². The van der Waals surface area contributed by atoms with Gasteiger partial charge in [0.05, 0.1) is 13.2 Å². The van der Waals surface area contributed by atoms with Gasteiger partial charge in [0.1, 0.15) is 0 Å². The second kappa shape index (κ2) is 9.13. The van der Waals surface area contributed by atoms with Crippen LogP contribution >= 0.6 is 0 Å². The first-order chi connectivity index (χ1) is 14.2. The van der Waals surface area contributed by atoms with E-state index in [0.717, 1.165) is 36.5 Å². The van der Waals surface area contributed by atoms with Crippen LogP contribution in [-0.4, -0.2) is 18.2 Å². The Morgan fingerprint density at radius 3 is 2.45 bits per heavy atom. The molecule has 1 fully saturated rings. The maximum Gasteiger partial charge on any atom is 0.161 e. The van der Waals surface area contributed by atoms with Crippen LogP contribution in [0.25, 0.3) is 0 Å². The first kappa shape index (κ1) is 19.5. The van der Waals surface area contributed by atoms with Gasteiger partial charge in [-0.3, -0.25) is 4.98 Å². The second-order valence-electron chi connectivity index (χ2n) is 7.93. The number of rotatable bonds is 7. The molecule has 0 radical (unpaired) electrons. The number of benzene rings is 2. The summed E-state index contributed by atoms with van der Waals surface area (Å²) >= 11 is 0. The Labute approximate surface area is 173 Å². The van der Waals surface area contributed by atoms with Gasteiger partial charge in [0.15, 0.2) is 11.5 Å². The van der Waals surface area contributed by atoms with E-state index < -0.39 is 0 Å². The predicted octanol–water partition coefficient (Wildman–Crippen LogP) is 6.09. The summed E-state index contributed by atoms with van der Waals surface area (Å²) in [7, 11) is 1.71. The zero-order valence-electron chi connectivity index (χ0n) is 17.3. The standard InChI is InChI=1S/C26H29NO2/c1-19-14-15-27-22(16-19)18-24(20-8-4-3-5-9-20)21-12-13-25(28-2)26(17-21)29-23-10-6-7-11-23/h3-5,8-9,12-17,23-24H,6-7,10-11,18H2,1-2H3. The highest BCUT2D eigenvalue weighted by Gasteiger charge is 2.21. The van der Waals surface area contributed by atoms with E-state index in [2.05, 4.69) is 60.4 Å². The van der Waals surface area contributed by atoms with Gasteiger partial charge in [-0.25, -0.2) is 0 Å². The van der Waals surface area contributed by atoms with Gasteiger partial charge in [0.2, 0.25) is 0 Å². The molecule has 0 aliphatic heterocycles. The van der Waals surface area contributed by atoms with E-state index in [0.29, 0.717) is 6.10 Å². The number of hydrogen-bond acceptors (Lipinski definition) is 3. The summed E-state index contributed by atoms with van der Waals surface area (Å²) in [4.78, 5) is 4.61. The van der Waals surface area contributed by atoms with Gasteiger partial charge in [0.25, 0.3) is 0 Å². The van der Waals surface area contributed by atoms with Crippen LogP contribution in [-0.2, 0) is 6.42 Å². The van der Waals surface area contributed by atoms with Crippen molar-refractivity contribution in [2.45, 2.75) is 51.0 Å². The van der Waals surface area contributed by atoms with E-state index in [1.54, 1.807) is 7.11 Å². The van der Waals surface area contributed by atoms with Gasteiger partial charge in [-0.15, -0.1) is 0 Å². The first-order valence-corrected chi connectivity index (χ1v) is 10.5. The lowest BCUT2D eigenvalue weighted by Gasteiger charge is -2.21. The fourth-order valence-electron chi connectivity index (χ4n) is 4.22. The molecule has 1 aliphatic rings. The summed E-state index contributed by atoms with van der Waals surface area (Å²) in [6, 6.07) is 21.3. The van der Waals surface area contributed by atoms with Crippen molar-refractivity contribution in [3.63, 3.8) is 0 Å². The van der Waals surface area contributed by atoms with Crippen molar-refractivity contribution in [1.82, 2.24) is 4.98 Å². The predicted molar refractivity (Wildman–Crippen MR) is 117 cm³/mol. The topological polar surface area (TPSA) is 31.4 Å². The lowest BCUT2D eigenvalue weighted by atomic mass is 9.87. The van der Waals surface area contributed by atoms with Crippen LogP contribution in [0.1, 0.15) is 54.0 Å². The molecule has 1 aromatic heterocycles. The molecule has 2 aromatic carbocycles. The van der Waals surface area contributed by atoms with Crippen LogP contribution in [0.15, 0.2) is 66.9 Å². The van der Waals surface area contributed by atoms with Crippen LogP contribution in [0.2, 0.25) is 0 Å². The third-order valence-corrected chi connectivity index (χ3v) is 5.77. The maximum atomic E-state index is 6.35. The van der Waals surface area contributed by atoms with Crippen LogP contribution in [0, 0.1) is 6.92 Å². The third-order valence-electron chi connectivity index (χ3n) is 5.77. The van der Waals surface area contributed by atoms with Gasteiger partial charge in [-0.05, 0) is 73.6 Å². The molecule has 0 bridgehead atoms. The Hall–Kier alpha value is -2.81. The molecule has 1 unspecified atom stereocenters. The number of pyridine rings is 1. The Balaban J connectivity index is 1.69. The number of aromatic nitrogens is 1. The van der Waals surface area contributed by atoms with Gasteiger partial charge in [-0.2, -0.15) is 0 Å². The molecule has 3 nitrogen and oxygen atoms in total. The highest BCUT2D eigenvalue weighted by Crippen LogP contribution is 2.37. The average Bonchev–Trinajstić information content (AvgIpc) is 3.26. The molecule has 1 aliphatic carbocycles. The quantitative estimate of drug-likeness (QED) is 0.491. The van der Waals surface area contributed by atoms with Crippen molar-refractivity contribution in [2.24, 2.45) is 0 Å². The smallest absolute Gasteiger partial charge is 0.161 e. The molecule has 0 saturated heterocycles. The lowest BCUT2D eigenvalue weighted by molar-refractivity contribution is 0.200. The van der Waals surface area contributed by atoms with E-state index in [9.17, 15) is 0 Å². The van der Waals surface area contributed by atoms with Gasteiger partial charge in [-0.1, -0.05) is 36.4 Å². The Morgan fingerprint density at radius 2 is 1.72 bits per heavy atom. The number of methoxy groups -OCH3 is 1. The van der Waals surface area contributed by atoms with E-state index in [4.69, 9.17) is 9.47 Å². The van der Waals surface area contributed by atoms with Crippen molar-refractivity contribution in [3.05, 3.63) is 89.2 Å². The highest BCUT2D eigenvalue weighted by atomic mass is 16.5. The molecule has 3 aromatic rings. The maximum absolute atomic E-state index is 6.35. The monoisotopic (exact) mass is 387 g/mol. The summed E-state index contributed by atoms with van der Waals surface area (Å²) in [6.07, 6.45) is 7.80. The van der Waals surface area contributed by atoms with E-state index in [1.165, 1.54) is 29.5 Å². The molecule has 1 heterocycles. The fraction of sp³-hybridized carbons (Fsp3) is 0.346. The molecule has 1 saturated carbocycles. The number of hydrogen-bond donors (Lipinski definition) is 0.